The third kappa shape index (κ3) is 6.68. The van der Waals surface area contributed by atoms with Gasteiger partial charge in [-0.05, 0) is 18.4 Å². The lowest BCUT2D eigenvalue weighted by Crippen LogP contribution is -2.27. The molecule has 0 aliphatic heterocycles. The molecule has 1 aromatic carbocycles. The van der Waals surface area contributed by atoms with Crippen LogP contribution >= 0.6 is 0 Å². The number of rotatable bonds is 7. The largest absolute Gasteiger partial charge is 0.356 e. The molecule has 2 N–H and O–H groups in total. The maximum atomic E-state index is 11.5. The molecule has 0 saturated carbocycles. The molecule has 0 radical (unpaired) electrons. The second-order valence-electron chi connectivity index (χ2n) is 4.17. The Morgan fingerprint density at radius 1 is 1.11 bits per heavy atom. The predicted molar refractivity (Wildman–Crippen MR) is 75.3 cm³/mol. The number of carbonyl (C=O) groups is 2. The van der Waals surface area contributed by atoms with E-state index in [2.05, 4.69) is 10.6 Å². The van der Waals surface area contributed by atoms with Crippen LogP contribution in [-0.2, 0) is 16.0 Å². The molecule has 4 nitrogen and oxygen atoms in total. The van der Waals surface area contributed by atoms with Gasteiger partial charge >= 0.3 is 0 Å². The molecular formula is C14H24N2O2. The van der Waals surface area contributed by atoms with E-state index in [1.165, 1.54) is 12.5 Å². The highest BCUT2D eigenvalue weighted by atomic mass is 16.2. The molecule has 0 unspecified atom stereocenters. The maximum absolute atomic E-state index is 11.5. The van der Waals surface area contributed by atoms with Gasteiger partial charge in [0.2, 0.25) is 11.8 Å². The first-order valence-electron chi connectivity index (χ1n) is 6.23. The second kappa shape index (κ2) is 8.28. The van der Waals surface area contributed by atoms with Gasteiger partial charge in [-0.3, -0.25) is 9.59 Å². The molecule has 1 aromatic rings. The topological polar surface area (TPSA) is 58.2 Å². The van der Waals surface area contributed by atoms with Crippen molar-refractivity contribution < 1.29 is 12.4 Å². The molecule has 18 heavy (non-hydrogen) atoms. The van der Waals surface area contributed by atoms with Crippen molar-refractivity contribution in [1.29, 1.82) is 0 Å². The number of hydrogen-bond acceptors (Lipinski definition) is 2. The maximum Gasteiger partial charge on any atom is 0.220 e. The number of carbonyl (C=O) groups excluding carboxylic acids is 2. The van der Waals surface area contributed by atoms with E-state index in [0.29, 0.717) is 25.9 Å². The highest BCUT2D eigenvalue weighted by Gasteiger charge is 2.00. The van der Waals surface area contributed by atoms with E-state index in [1.54, 1.807) is 0 Å². The average molecular weight is 252 g/mol. The van der Waals surface area contributed by atoms with Gasteiger partial charge < -0.3 is 10.6 Å². The summed E-state index contributed by atoms with van der Waals surface area (Å²) >= 11 is 0. The van der Waals surface area contributed by atoms with Gasteiger partial charge in [-0.2, -0.15) is 0 Å². The van der Waals surface area contributed by atoms with E-state index >= 15 is 0 Å². The van der Waals surface area contributed by atoms with Crippen molar-refractivity contribution in [2.75, 3.05) is 13.1 Å². The van der Waals surface area contributed by atoms with Crippen molar-refractivity contribution in [3.8, 4) is 0 Å². The molecule has 0 aliphatic rings. The molecule has 0 bridgehead atoms. The molecule has 2 amide bonds. The molecule has 0 spiro atoms. The number of amides is 2. The number of benzene rings is 1. The van der Waals surface area contributed by atoms with Crippen LogP contribution in [0.25, 0.3) is 0 Å². The van der Waals surface area contributed by atoms with Crippen molar-refractivity contribution in [3.63, 3.8) is 0 Å². The van der Waals surface area contributed by atoms with Gasteiger partial charge in [-0.1, -0.05) is 30.3 Å². The SMILES string of the molecule is CC(=O)NCCCC(=O)NCCc1ccccc1.[HH].[HH]. The summed E-state index contributed by atoms with van der Waals surface area (Å²) in [6, 6.07) is 10.0. The van der Waals surface area contributed by atoms with E-state index in [1.807, 2.05) is 30.3 Å². The van der Waals surface area contributed by atoms with Gasteiger partial charge in [0.25, 0.3) is 0 Å². The van der Waals surface area contributed by atoms with E-state index < -0.39 is 0 Å². The van der Waals surface area contributed by atoms with Crippen LogP contribution in [0.5, 0.6) is 0 Å². The van der Waals surface area contributed by atoms with Crippen LogP contribution < -0.4 is 10.6 Å². The Labute approximate surface area is 111 Å². The fourth-order valence-electron chi connectivity index (χ4n) is 1.59. The fraction of sp³-hybridized carbons (Fsp3) is 0.429. The molecule has 0 aromatic heterocycles. The minimum absolute atomic E-state index is 0. The summed E-state index contributed by atoms with van der Waals surface area (Å²) in [6.45, 7) is 2.68. The first kappa shape index (κ1) is 14.2. The molecule has 0 atom stereocenters. The van der Waals surface area contributed by atoms with Crippen molar-refractivity contribution in [3.05, 3.63) is 35.9 Å². The Hall–Kier alpha value is -1.84. The Balaban J connectivity index is 0. The normalized spacial score (nSPS) is 9.83. The molecule has 1 rings (SSSR count). The monoisotopic (exact) mass is 252 g/mol. The third-order valence-electron chi connectivity index (χ3n) is 2.53. The molecule has 0 heterocycles. The first-order valence-corrected chi connectivity index (χ1v) is 6.23. The Bertz CT molecular complexity index is 386. The van der Waals surface area contributed by atoms with Crippen molar-refractivity contribution in [2.45, 2.75) is 26.2 Å². The quantitative estimate of drug-likeness (QED) is 0.726. The highest BCUT2D eigenvalue weighted by Crippen LogP contribution is 1.98. The molecule has 0 saturated heterocycles. The lowest BCUT2D eigenvalue weighted by molar-refractivity contribution is -0.122. The molecule has 0 fully saturated rings. The minimum atomic E-state index is -0.0560. The fourth-order valence-corrected chi connectivity index (χ4v) is 1.59. The highest BCUT2D eigenvalue weighted by molar-refractivity contribution is 5.76. The van der Waals surface area contributed by atoms with E-state index in [4.69, 9.17) is 0 Å². The van der Waals surface area contributed by atoms with Crippen LogP contribution in [0.3, 0.4) is 0 Å². The summed E-state index contributed by atoms with van der Waals surface area (Å²) in [5, 5.41) is 5.53. The Morgan fingerprint density at radius 2 is 1.83 bits per heavy atom. The van der Waals surface area contributed by atoms with Gasteiger partial charge in [-0.25, -0.2) is 0 Å². The van der Waals surface area contributed by atoms with Crippen LogP contribution in [0, 0.1) is 0 Å². The van der Waals surface area contributed by atoms with E-state index in [0.717, 1.165) is 6.42 Å². The van der Waals surface area contributed by atoms with Crippen molar-refractivity contribution in [2.24, 2.45) is 0 Å². The van der Waals surface area contributed by atoms with Gasteiger partial charge in [0, 0.05) is 29.3 Å². The zero-order valence-corrected chi connectivity index (χ0v) is 10.7. The molecule has 0 aliphatic carbocycles. The summed E-state index contributed by atoms with van der Waals surface area (Å²) in [5.74, 6) is -0.0178. The average Bonchev–Trinajstić information content (AvgIpc) is 2.36. The predicted octanol–water partition coefficient (Wildman–Crippen LogP) is 1.75. The lowest BCUT2D eigenvalue weighted by Gasteiger charge is -2.05. The van der Waals surface area contributed by atoms with Crippen molar-refractivity contribution in [1.82, 2.24) is 10.6 Å². The van der Waals surface area contributed by atoms with Crippen LogP contribution in [0.2, 0.25) is 0 Å². The lowest BCUT2D eigenvalue weighted by atomic mass is 10.1. The van der Waals surface area contributed by atoms with Crippen molar-refractivity contribution >= 4 is 11.8 Å². The smallest absolute Gasteiger partial charge is 0.220 e. The van der Waals surface area contributed by atoms with Gasteiger partial charge in [0.1, 0.15) is 0 Å². The summed E-state index contributed by atoms with van der Waals surface area (Å²) in [6.07, 6.45) is 1.98. The van der Waals surface area contributed by atoms with Crippen LogP contribution in [0.4, 0.5) is 0 Å². The Kier molecular flexibility index (Phi) is 6.54. The summed E-state index contributed by atoms with van der Waals surface area (Å²) in [4.78, 5) is 22.1. The third-order valence-corrected chi connectivity index (χ3v) is 2.53. The van der Waals surface area contributed by atoms with E-state index in [9.17, 15) is 9.59 Å². The summed E-state index contributed by atoms with van der Waals surface area (Å²) in [7, 11) is 0. The number of hydrogen-bond donors (Lipinski definition) is 2. The van der Waals surface area contributed by atoms with Crippen LogP contribution in [0.1, 0.15) is 28.2 Å². The second-order valence-corrected chi connectivity index (χ2v) is 4.17. The van der Waals surface area contributed by atoms with E-state index in [-0.39, 0.29) is 14.7 Å². The Morgan fingerprint density at radius 3 is 2.50 bits per heavy atom. The summed E-state index contributed by atoms with van der Waals surface area (Å²) in [5.41, 5.74) is 1.22. The standard InChI is InChI=1S/C14H20N2O2.2H2/c1-12(17)15-10-5-8-14(18)16-11-9-13-6-3-2-4-7-13;;/h2-4,6-7H,5,8-11H2,1H3,(H,15,17)(H,16,18);2*1H. The number of nitrogens with one attached hydrogen (secondary N) is 2. The zero-order valence-electron chi connectivity index (χ0n) is 10.7. The van der Waals surface area contributed by atoms with Gasteiger partial charge in [0.05, 0.1) is 0 Å². The summed E-state index contributed by atoms with van der Waals surface area (Å²) < 4.78 is 0. The molecule has 102 valence electrons. The first-order chi connectivity index (χ1) is 8.68. The molecular weight excluding hydrogens is 228 g/mol. The van der Waals surface area contributed by atoms with Gasteiger partial charge in [-0.15, -0.1) is 0 Å². The minimum Gasteiger partial charge on any atom is -0.356 e. The molecule has 4 heteroatoms. The van der Waals surface area contributed by atoms with Crippen LogP contribution in [-0.4, -0.2) is 24.9 Å². The van der Waals surface area contributed by atoms with Gasteiger partial charge in [0.15, 0.2) is 0 Å². The zero-order chi connectivity index (χ0) is 13.2. The van der Waals surface area contributed by atoms with Crippen LogP contribution in [0.15, 0.2) is 30.3 Å².